The summed E-state index contributed by atoms with van der Waals surface area (Å²) in [5.41, 5.74) is 14.7. The van der Waals surface area contributed by atoms with Crippen LogP contribution in [0.5, 0.6) is 0 Å². The summed E-state index contributed by atoms with van der Waals surface area (Å²) in [6.07, 6.45) is 2.03. The number of fused-ring (bicyclic) bond motifs is 3. The van der Waals surface area contributed by atoms with Crippen molar-refractivity contribution in [2.75, 3.05) is 0 Å². The van der Waals surface area contributed by atoms with E-state index in [-0.39, 0.29) is 0 Å². The zero-order chi connectivity index (χ0) is 26.9. The Morgan fingerprint density at radius 3 is 1.73 bits per heavy atom. The summed E-state index contributed by atoms with van der Waals surface area (Å²) in [7, 11) is 0. The van der Waals surface area contributed by atoms with Gasteiger partial charge in [-0.3, -0.25) is 0 Å². The summed E-state index contributed by atoms with van der Waals surface area (Å²) < 4.78 is 0. The molecule has 0 radical (unpaired) electrons. The van der Waals surface area contributed by atoms with E-state index in [1.54, 1.807) is 0 Å². The molecular weight excluding hydrogens is 500 g/mol. The van der Waals surface area contributed by atoms with Crippen LogP contribution < -0.4 is 0 Å². The molecule has 0 aliphatic heterocycles. The lowest BCUT2D eigenvalue weighted by Gasteiger charge is -2.21. The van der Waals surface area contributed by atoms with Crippen molar-refractivity contribution < 1.29 is 0 Å². The molecule has 0 unspecified atom stereocenters. The molecule has 0 bridgehead atoms. The van der Waals surface area contributed by atoms with Gasteiger partial charge in [0.15, 0.2) is 0 Å². The maximum atomic E-state index is 2.45. The first kappa shape index (κ1) is 24.7. The van der Waals surface area contributed by atoms with Gasteiger partial charge in [0.25, 0.3) is 0 Å². The van der Waals surface area contributed by atoms with Crippen molar-refractivity contribution in [2.45, 2.75) is 29.6 Å². The third-order valence-corrected chi connectivity index (χ3v) is 8.98. The molecule has 0 spiro atoms. The number of hydrogen-bond donors (Lipinski definition) is 0. The predicted octanol–water partition coefficient (Wildman–Crippen LogP) is 11.0. The number of rotatable bonds is 6. The van der Waals surface area contributed by atoms with Crippen molar-refractivity contribution >= 4 is 11.8 Å². The van der Waals surface area contributed by atoms with E-state index in [9.17, 15) is 0 Å². The van der Waals surface area contributed by atoms with Crippen molar-refractivity contribution in [3.05, 3.63) is 156 Å². The smallest absolute Gasteiger partial charge is 0.0122 e. The highest BCUT2D eigenvalue weighted by molar-refractivity contribution is 7.99. The number of aryl methyl sites for hydroxylation is 1. The fourth-order valence-electron chi connectivity index (χ4n) is 5.96. The maximum absolute atomic E-state index is 2.45. The minimum Gasteiger partial charge on any atom is -0.0901 e. The van der Waals surface area contributed by atoms with Gasteiger partial charge < -0.3 is 0 Å². The van der Waals surface area contributed by atoms with Gasteiger partial charge in [0.2, 0.25) is 0 Å². The molecule has 0 saturated heterocycles. The van der Waals surface area contributed by atoms with Crippen molar-refractivity contribution in [1.29, 1.82) is 0 Å². The Hall–Kier alpha value is -4.33. The van der Waals surface area contributed by atoms with E-state index >= 15 is 0 Å². The molecule has 0 N–H and O–H groups in total. The molecule has 1 heteroatoms. The summed E-state index contributed by atoms with van der Waals surface area (Å²) >= 11 is 1.82. The van der Waals surface area contributed by atoms with Crippen molar-refractivity contribution in [2.24, 2.45) is 0 Å². The second-order valence-corrected chi connectivity index (χ2v) is 11.5. The summed E-state index contributed by atoms with van der Waals surface area (Å²) in [6.45, 7) is 2.20. The molecule has 0 atom stereocenters. The van der Waals surface area contributed by atoms with Crippen LogP contribution in [0.1, 0.15) is 23.6 Å². The SMILES string of the molecule is CCc1ccc(Sc2ccc(-c3cc4c(c(-c5ccccc5)c3-c3ccccc3)Cc3ccccc3-4)cc2)cc1. The van der Waals surface area contributed by atoms with E-state index in [2.05, 4.69) is 146 Å². The van der Waals surface area contributed by atoms with Gasteiger partial charge in [-0.25, -0.2) is 0 Å². The lowest BCUT2D eigenvalue weighted by molar-refractivity contribution is 1.13. The molecular formula is C39H30S. The fraction of sp³-hybridized carbons (Fsp3) is 0.0769. The van der Waals surface area contributed by atoms with Crippen LogP contribution in [0.3, 0.4) is 0 Å². The molecule has 1 aliphatic carbocycles. The summed E-state index contributed by atoms with van der Waals surface area (Å²) in [6, 6.07) is 51.3. The molecule has 40 heavy (non-hydrogen) atoms. The Kier molecular flexibility index (Phi) is 6.59. The van der Waals surface area contributed by atoms with Crippen molar-refractivity contribution in [3.8, 4) is 44.5 Å². The monoisotopic (exact) mass is 530 g/mol. The van der Waals surface area contributed by atoms with Gasteiger partial charge in [0.05, 0.1) is 0 Å². The molecule has 0 nitrogen and oxygen atoms in total. The minimum atomic E-state index is 0.961. The highest BCUT2D eigenvalue weighted by Crippen LogP contribution is 2.50. The minimum absolute atomic E-state index is 0.961. The molecule has 0 amide bonds. The highest BCUT2D eigenvalue weighted by Gasteiger charge is 2.27. The Morgan fingerprint density at radius 2 is 1.07 bits per heavy atom. The van der Waals surface area contributed by atoms with Gasteiger partial charge in [-0.2, -0.15) is 0 Å². The topological polar surface area (TPSA) is 0 Å². The van der Waals surface area contributed by atoms with Gasteiger partial charge in [-0.15, -0.1) is 0 Å². The third-order valence-electron chi connectivity index (χ3n) is 7.97. The second-order valence-electron chi connectivity index (χ2n) is 10.4. The van der Waals surface area contributed by atoms with Gasteiger partial charge in [0, 0.05) is 9.79 Å². The lowest BCUT2D eigenvalue weighted by Crippen LogP contribution is -1.96. The quantitative estimate of drug-likeness (QED) is 0.206. The molecule has 6 aromatic rings. The van der Waals surface area contributed by atoms with E-state index in [1.165, 1.54) is 71.0 Å². The van der Waals surface area contributed by atoms with Gasteiger partial charge in [0.1, 0.15) is 0 Å². The van der Waals surface area contributed by atoms with E-state index in [0.717, 1.165) is 12.8 Å². The summed E-state index contributed by atoms with van der Waals surface area (Å²) in [4.78, 5) is 2.53. The molecule has 0 aromatic heterocycles. The second kappa shape index (κ2) is 10.7. The molecule has 1 aliphatic rings. The van der Waals surface area contributed by atoms with E-state index in [4.69, 9.17) is 0 Å². The zero-order valence-corrected chi connectivity index (χ0v) is 23.4. The van der Waals surface area contributed by atoms with Crippen LogP contribution in [0.2, 0.25) is 0 Å². The average molecular weight is 531 g/mol. The Labute approximate surface area is 241 Å². The fourth-order valence-corrected chi connectivity index (χ4v) is 6.78. The van der Waals surface area contributed by atoms with Crippen LogP contribution in [0.4, 0.5) is 0 Å². The molecule has 192 valence electrons. The first-order valence-corrected chi connectivity index (χ1v) is 14.9. The summed E-state index contributed by atoms with van der Waals surface area (Å²) in [5.74, 6) is 0. The Bertz CT molecular complexity index is 1780. The average Bonchev–Trinajstić information content (AvgIpc) is 3.40. The van der Waals surface area contributed by atoms with Gasteiger partial charge in [-0.05, 0) is 104 Å². The standard InChI is InChI=1S/C39H30S/c1-2-27-17-21-32(22-18-27)40-33-23-19-28(20-24-33)35-26-36-34-16-10-9-15-31(34)25-37(36)39(30-13-7-4-8-14-30)38(35)29-11-5-3-6-12-29/h3-24,26H,2,25H2,1H3. The number of benzene rings is 6. The molecule has 0 fully saturated rings. The van der Waals surface area contributed by atoms with Crippen LogP contribution in [-0.2, 0) is 12.8 Å². The predicted molar refractivity (Wildman–Crippen MR) is 171 cm³/mol. The third kappa shape index (κ3) is 4.57. The van der Waals surface area contributed by atoms with E-state index < -0.39 is 0 Å². The Balaban J connectivity index is 1.41. The van der Waals surface area contributed by atoms with Gasteiger partial charge in [-0.1, -0.05) is 128 Å². The van der Waals surface area contributed by atoms with Crippen molar-refractivity contribution in [3.63, 3.8) is 0 Å². The number of hydrogen-bond acceptors (Lipinski definition) is 1. The largest absolute Gasteiger partial charge is 0.0901 e. The van der Waals surface area contributed by atoms with Crippen LogP contribution in [0.25, 0.3) is 44.5 Å². The molecule has 0 heterocycles. The van der Waals surface area contributed by atoms with Crippen LogP contribution >= 0.6 is 11.8 Å². The van der Waals surface area contributed by atoms with Gasteiger partial charge >= 0.3 is 0 Å². The zero-order valence-electron chi connectivity index (χ0n) is 22.6. The summed E-state index contributed by atoms with van der Waals surface area (Å²) in [5, 5.41) is 0. The molecule has 7 rings (SSSR count). The lowest BCUT2D eigenvalue weighted by atomic mass is 9.82. The first-order chi connectivity index (χ1) is 19.8. The van der Waals surface area contributed by atoms with Crippen LogP contribution in [0.15, 0.2) is 149 Å². The Morgan fingerprint density at radius 1 is 0.500 bits per heavy atom. The first-order valence-electron chi connectivity index (χ1n) is 14.0. The molecule has 0 saturated carbocycles. The van der Waals surface area contributed by atoms with E-state index in [0.29, 0.717) is 0 Å². The maximum Gasteiger partial charge on any atom is 0.0122 e. The normalized spacial score (nSPS) is 11.7. The van der Waals surface area contributed by atoms with Crippen LogP contribution in [0, 0.1) is 0 Å². The van der Waals surface area contributed by atoms with Crippen LogP contribution in [-0.4, -0.2) is 0 Å². The highest BCUT2D eigenvalue weighted by atomic mass is 32.2. The van der Waals surface area contributed by atoms with E-state index in [1.807, 2.05) is 11.8 Å². The molecule has 6 aromatic carbocycles. The van der Waals surface area contributed by atoms with Crippen molar-refractivity contribution in [1.82, 2.24) is 0 Å².